The van der Waals surface area contributed by atoms with E-state index in [0.29, 0.717) is 63.0 Å². The highest BCUT2D eigenvalue weighted by Crippen LogP contribution is 2.46. The van der Waals surface area contributed by atoms with Gasteiger partial charge in [0.1, 0.15) is 29.4 Å². The number of halogens is 2. The van der Waals surface area contributed by atoms with Crippen molar-refractivity contribution < 1.29 is 42.9 Å². The number of aliphatic hydroxyl groups excluding tert-OH is 1. The van der Waals surface area contributed by atoms with Gasteiger partial charge < -0.3 is 29.9 Å². The summed E-state index contributed by atoms with van der Waals surface area (Å²) in [5.74, 6) is -2.79. The second kappa shape index (κ2) is 13.5. The Bertz CT molecular complexity index is 1590. The highest BCUT2D eigenvalue weighted by molar-refractivity contribution is 6.03. The lowest BCUT2D eigenvalue weighted by Gasteiger charge is -2.48. The van der Waals surface area contributed by atoms with E-state index in [1.54, 1.807) is 17.0 Å². The van der Waals surface area contributed by atoms with Crippen molar-refractivity contribution in [3.05, 3.63) is 101 Å². The lowest BCUT2D eigenvalue weighted by molar-refractivity contribution is -0.212. The molecule has 3 fully saturated rings. The topological polar surface area (TPSA) is 125 Å². The lowest BCUT2D eigenvalue weighted by Crippen LogP contribution is -2.60. The Morgan fingerprint density at radius 1 is 0.979 bits per heavy atom. The van der Waals surface area contributed by atoms with Crippen LogP contribution in [-0.4, -0.2) is 59.0 Å². The van der Waals surface area contributed by atoms with E-state index in [2.05, 4.69) is 5.32 Å². The van der Waals surface area contributed by atoms with E-state index in [1.807, 2.05) is 24.3 Å². The minimum absolute atomic E-state index is 0.114. The predicted octanol–water partition coefficient (Wildman–Crippen LogP) is 5.02. The Labute approximate surface area is 271 Å². The smallest absolute Gasteiger partial charge is 0.329 e. The minimum atomic E-state index is -1.19. The molecule has 11 heteroatoms. The van der Waals surface area contributed by atoms with Crippen LogP contribution >= 0.6 is 0 Å². The predicted molar refractivity (Wildman–Crippen MR) is 167 cm³/mol. The van der Waals surface area contributed by atoms with Crippen molar-refractivity contribution in [2.75, 3.05) is 24.7 Å². The van der Waals surface area contributed by atoms with Gasteiger partial charge in [-0.15, -0.1) is 0 Å². The van der Waals surface area contributed by atoms with Crippen molar-refractivity contribution in [2.45, 2.75) is 68.2 Å². The number of carboxylic acids is 1. The van der Waals surface area contributed by atoms with Crippen molar-refractivity contribution in [2.24, 2.45) is 5.92 Å². The Hall–Kier alpha value is -4.19. The fourth-order valence-corrected chi connectivity index (χ4v) is 6.62. The van der Waals surface area contributed by atoms with Crippen molar-refractivity contribution >= 4 is 23.5 Å². The molecule has 2 saturated heterocycles. The second-order valence-electron chi connectivity index (χ2n) is 12.9. The van der Waals surface area contributed by atoms with E-state index in [9.17, 15) is 33.4 Å². The number of anilines is 1. The van der Waals surface area contributed by atoms with E-state index >= 15 is 0 Å². The summed E-state index contributed by atoms with van der Waals surface area (Å²) < 4.78 is 38.4. The molecule has 0 radical (unpaired) electrons. The molecule has 9 nitrogen and oxygen atoms in total. The number of rotatable bonds is 14. The molecule has 0 aromatic heterocycles. The number of aliphatic carboxylic acids is 1. The molecule has 3 N–H and O–H groups in total. The standard InChI is InChI=1S/C36H38F2N2O7/c37-26-8-6-24(7-9-26)30(41)15-14-29-32(40(33(29)43)28-12-10-27(38)11-13-28)25-4-2-23(3-5-25)16-19-35(21-46-22-35)47-20-31(42)39-36(34(44)45)17-1-18-36/h2-13,29-30,32,41H,1,14-22H2,(H,39,42)(H,44,45)/t29-,30?,32?/m1/s1. The zero-order valence-corrected chi connectivity index (χ0v) is 25.9. The van der Waals surface area contributed by atoms with Crippen molar-refractivity contribution in [1.29, 1.82) is 0 Å². The third-order valence-corrected chi connectivity index (χ3v) is 9.75. The number of hydrogen-bond donors (Lipinski definition) is 3. The Kier molecular flexibility index (Phi) is 9.41. The molecule has 1 aliphatic carbocycles. The lowest BCUT2D eigenvalue weighted by atomic mass is 9.77. The van der Waals surface area contributed by atoms with Gasteiger partial charge >= 0.3 is 5.97 Å². The van der Waals surface area contributed by atoms with Gasteiger partial charge in [-0.3, -0.25) is 9.59 Å². The number of benzene rings is 3. The van der Waals surface area contributed by atoms with Gasteiger partial charge in [0.15, 0.2) is 0 Å². The molecule has 0 spiro atoms. The molecule has 1 saturated carbocycles. The fraction of sp³-hybridized carbons (Fsp3) is 0.417. The molecule has 3 aliphatic rings. The molecule has 2 aliphatic heterocycles. The summed E-state index contributed by atoms with van der Waals surface area (Å²) in [7, 11) is 0. The Morgan fingerprint density at radius 3 is 2.17 bits per heavy atom. The third-order valence-electron chi connectivity index (χ3n) is 9.75. The average molecular weight is 649 g/mol. The number of carbonyl (C=O) groups excluding carboxylic acids is 2. The number of aryl methyl sites for hydroxylation is 1. The third kappa shape index (κ3) is 6.93. The van der Waals surface area contributed by atoms with Crippen molar-refractivity contribution in [3.8, 4) is 0 Å². The van der Waals surface area contributed by atoms with Crippen LogP contribution in [0.15, 0.2) is 72.8 Å². The van der Waals surface area contributed by atoms with Crippen LogP contribution in [0.3, 0.4) is 0 Å². The van der Waals surface area contributed by atoms with E-state index < -0.39 is 40.9 Å². The number of ether oxygens (including phenoxy) is 2. The maximum atomic E-state index is 13.7. The van der Waals surface area contributed by atoms with Crippen molar-refractivity contribution in [3.63, 3.8) is 0 Å². The number of nitrogens with one attached hydrogen (secondary N) is 1. The molecule has 3 aromatic rings. The maximum absolute atomic E-state index is 13.7. The van der Waals surface area contributed by atoms with Gasteiger partial charge in [-0.2, -0.15) is 0 Å². The monoisotopic (exact) mass is 648 g/mol. The first-order chi connectivity index (χ1) is 22.6. The summed E-state index contributed by atoms with van der Waals surface area (Å²) in [5, 5.41) is 22.8. The SMILES string of the molecule is O=C(COC1(CCc2ccc(C3[C@@H](CCC(O)c4ccc(F)cc4)C(=O)N3c3ccc(F)cc3)cc2)COC1)NC1(C(=O)O)CCC1. The number of aliphatic hydroxyl groups is 1. The first-order valence-electron chi connectivity index (χ1n) is 16.0. The van der Waals surface area contributed by atoms with E-state index in [4.69, 9.17) is 9.47 Å². The second-order valence-corrected chi connectivity index (χ2v) is 12.9. The molecule has 47 heavy (non-hydrogen) atoms. The van der Waals surface area contributed by atoms with E-state index in [-0.39, 0.29) is 24.4 Å². The number of carboxylic acid groups (broad SMARTS) is 1. The van der Waals surface area contributed by atoms with Crippen LogP contribution in [0.1, 0.15) is 67.4 Å². The zero-order chi connectivity index (χ0) is 33.2. The van der Waals surface area contributed by atoms with Crippen LogP contribution in [0.25, 0.3) is 0 Å². The highest BCUT2D eigenvalue weighted by atomic mass is 19.1. The fourth-order valence-electron chi connectivity index (χ4n) is 6.62. The normalized spacial score (nSPS) is 21.6. The van der Waals surface area contributed by atoms with Crippen LogP contribution in [0.4, 0.5) is 14.5 Å². The molecule has 248 valence electrons. The summed E-state index contributed by atoms with van der Waals surface area (Å²) in [4.78, 5) is 39.1. The maximum Gasteiger partial charge on any atom is 0.329 e. The van der Waals surface area contributed by atoms with Crippen LogP contribution in [-0.2, 0) is 30.3 Å². The molecule has 3 atom stereocenters. The Morgan fingerprint density at radius 2 is 1.62 bits per heavy atom. The van der Waals surface area contributed by atoms with Gasteiger partial charge in [-0.1, -0.05) is 36.4 Å². The van der Waals surface area contributed by atoms with Gasteiger partial charge in [0.05, 0.1) is 31.3 Å². The minimum Gasteiger partial charge on any atom is -0.480 e. The molecule has 0 bridgehead atoms. The van der Waals surface area contributed by atoms with Crippen LogP contribution in [0.2, 0.25) is 0 Å². The largest absolute Gasteiger partial charge is 0.480 e. The first kappa shape index (κ1) is 32.7. The van der Waals surface area contributed by atoms with E-state index in [1.165, 1.54) is 36.4 Å². The van der Waals surface area contributed by atoms with Crippen LogP contribution in [0.5, 0.6) is 0 Å². The average Bonchev–Trinajstić information content (AvgIpc) is 3.02. The molecule has 2 unspecified atom stereocenters. The summed E-state index contributed by atoms with van der Waals surface area (Å²) in [5.41, 5.74) is 1.26. The summed E-state index contributed by atoms with van der Waals surface area (Å²) in [6.45, 7) is 0.429. The molecule has 2 amide bonds. The van der Waals surface area contributed by atoms with E-state index in [0.717, 1.165) is 17.5 Å². The van der Waals surface area contributed by atoms with Crippen molar-refractivity contribution in [1.82, 2.24) is 5.32 Å². The van der Waals surface area contributed by atoms with Gasteiger partial charge in [-0.25, -0.2) is 13.6 Å². The number of amides is 2. The first-order valence-corrected chi connectivity index (χ1v) is 16.0. The Balaban J connectivity index is 1.09. The highest BCUT2D eigenvalue weighted by Gasteiger charge is 2.49. The van der Waals surface area contributed by atoms with Crippen LogP contribution in [0, 0.1) is 17.6 Å². The molecule has 3 aromatic carbocycles. The van der Waals surface area contributed by atoms with Crippen LogP contribution < -0.4 is 10.2 Å². The van der Waals surface area contributed by atoms with Gasteiger partial charge in [0.25, 0.3) is 0 Å². The summed E-state index contributed by atoms with van der Waals surface area (Å²) in [6.07, 6.45) is 2.68. The number of hydrogen-bond acceptors (Lipinski definition) is 6. The quantitative estimate of drug-likeness (QED) is 0.210. The summed E-state index contributed by atoms with van der Waals surface area (Å²) in [6, 6.07) is 19.0. The molecule has 6 rings (SSSR count). The zero-order valence-electron chi connectivity index (χ0n) is 25.9. The van der Waals surface area contributed by atoms with Gasteiger partial charge in [-0.05, 0) is 98.0 Å². The molecular formula is C36H38F2N2O7. The molecular weight excluding hydrogens is 610 g/mol. The van der Waals surface area contributed by atoms with Gasteiger partial charge in [0, 0.05) is 5.69 Å². The number of nitrogens with zero attached hydrogens (tertiary/aromatic N) is 1. The molecule has 2 heterocycles. The van der Waals surface area contributed by atoms with Gasteiger partial charge in [0.2, 0.25) is 11.8 Å². The number of β-lactam (4-membered cyclic amide) rings is 1. The summed E-state index contributed by atoms with van der Waals surface area (Å²) >= 11 is 0. The number of carbonyl (C=O) groups is 3.